The van der Waals surface area contributed by atoms with Gasteiger partial charge in [-0.1, -0.05) is 12.1 Å². The Kier molecular flexibility index (Phi) is 8.41. The molecular formula is C20H34N6. The van der Waals surface area contributed by atoms with E-state index in [1.165, 1.54) is 0 Å². The van der Waals surface area contributed by atoms with Gasteiger partial charge in [-0.05, 0) is 38.4 Å². The van der Waals surface area contributed by atoms with E-state index in [9.17, 15) is 0 Å². The number of hydrogen-bond donors (Lipinski definition) is 1. The molecule has 26 heavy (non-hydrogen) atoms. The fourth-order valence-electron chi connectivity index (χ4n) is 2.95. The van der Waals surface area contributed by atoms with Crippen LogP contribution in [0.4, 0.5) is 5.82 Å². The molecule has 1 N–H and O–H groups in total. The monoisotopic (exact) mass is 358 g/mol. The number of nitrogens with one attached hydrogen (secondary N) is 1. The SMILES string of the molecule is C=CCCCN(C)C(=NCc1ccc(N2CCN(C)CC2)nc1)NCC. The normalized spacial score (nSPS) is 15.8. The van der Waals surface area contributed by atoms with Crippen molar-refractivity contribution in [1.29, 1.82) is 0 Å². The molecule has 1 aromatic rings. The highest BCUT2D eigenvalue weighted by Gasteiger charge is 2.14. The lowest BCUT2D eigenvalue weighted by molar-refractivity contribution is 0.312. The van der Waals surface area contributed by atoms with E-state index in [1.54, 1.807) is 0 Å². The smallest absolute Gasteiger partial charge is 0.193 e. The van der Waals surface area contributed by atoms with E-state index in [0.29, 0.717) is 6.54 Å². The van der Waals surface area contributed by atoms with E-state index in [-0.39, 0.29) is 0 Å². The summed E-state index contributed by atoms with van der Waals surface area (Å²) in [6.45, 7) is 12.6. The molecule has 1 aliphatic heterocycles. The van der Waals surface area contributed by atoms with Gasteiger partial charge in [0.2, 0.25) is 0 Å². The van der Waals surface area contributed by atoms with Crippen molar-refractivity contribution in [3.63, 3.8) is 0 Å². The average Bonchev–Trinajstić information content (AvgIpc) is 2.66. The number of unbranched alkanes of at least 4 members (excludes halogenated alkanes) is 1. The molecule has 0 unspecified atom stereocenters. The van der Waals surface area contributed by atoms with Crippen molar-refractivity contribution in [3.05, 3.63) is 36.5 Å². The molecule has 0 bridgehead atoms. The van der Waals surface area contributed by atoms with Gasteiger partial charge in [0.1, 0.15) is 5.82 Å². The van der Waals surface area contributed by atoms with Crippen LogP contribution in [-0.2, 0) is 6.54 Å². The van der Waals surface area contributed by atoms with Crippen molar-refractivity contribution in [2.24, 2.45) is 4.99 Å². The summed E-state index contributed by atoms with van der Waals surface area (Å²) in [6.07, 6.45) is 6.04. The minimum absolute atomic E-state index is 0.643. The lowest BCUT2D eigenvalue weighted by Crippen LogP contribution is -2.44. The number of allylic oxidation sites excluding steroid dienone is 1. The molecule has 0 aliphatic carbocycles. The maximum atomic E-state index is 4.76. The van der Waals surface area contributed by atoms with E-state index in [2.05, 4.69) is 64.7 Å². The average molecular weight is 359 g/mol. The second kappa shape index (κ2) is 10.8. The van der Waals surface area contributed by atoms with Crippen LogP contribution < -0.4 is 10.2 Å². The van der Waals surface area contributed by atoms with Crippen LogP contribution in [0.5, 0.6) is 0 Å². The van der Waals surface area contributed by atoms with Gasteiger partial charge in [0.25, 0.3) is 0 Å². The summed E-state index contributed by atoms with van der Waals surface area (Å²) in [5, 5.41) is 3.36. The van der Waals surface area contributed by atoms with Crippen molar-refractivity contribution >= 4 is 11.8 Å². The number of nitrogens with zero attached hydrogens (tertiary/aromatic N) is 5. The first-order chi connectivity index (χ1) is 12.6. The largest absolute Gasteiger partial charge is 0.357 e. The maximum absolute atomic E-state index is 4.76. The maximum Gasteiger partial charge on any atom is 0.193 e. The Hall–Kier alpha value is -2.08. The first-order valence-corrected chi connectivity index (χ1v) is 9.62. The molecule has 144 valence electrons. The van der Waals surface area contributed by atoms with Crippen molar-refractivity contribution in [1.82, 2.24) is 20.1 Å². The van der Waals surface area contributed by atoms with Gasteiger partial charge in [-0.15, -0.1) is 6.58 Å². The molecule has 0 atom stereocenters. The fourth-order valence-corrected chi connectivity index (χ4v) is 2.95. The number of guanidine groups is 1. The molecule has 2 rings (SSSR count). The molecule has 0 saturated carbocycles. The second-order valence-corrected chi connectivity index (χ2v) is 6.84. The summed E-state index contributed by atoms with van der Waals surface area (Å²) in [5.41, 5.74) is 1.14. The van der Waals surface area contributed by atoms with E-state index in [0.717, 1.165) is 69.5 Å². The summed E-state index contributed by atoms with van der Waals surface area (Å²) < 4.78 is 0. The van der Waals surface area contributed by atoms with Gasteiger partial charge in [-0.3, -0.25) is 0 Å². The minimum atomic E-state index is 0.643. The molecule has 6 nitrogen and oxygen atoms in total. The highest BCUT2D eigenvalue weighted by atomic mass is 15.3. The highest BCUT2D eigenvalue weighted by Crippen LogP contribution is 2.14. The Balaban J connectivity index is 1.92. The third kappa shape index (κ3) is 6.33. The van der Waals surface area contributed by atoms with E-state index < -0.39 is 0 Å². The van der Waals surface area contributed by atoms with Crippen LogP contribution >= 0.6 is 0 Å². The molecule has 0 aromatic carbocycles. The fraction of sp³-hybridized carbons (Fsp3) is 0.600. The minimum Gasteiger partial charge on any atom is -0.357 e. The van der Waals surface area contributed by atoms with Gasteiger partial charge in [0.15, 0.2) is 5.96 Å². The number of aromatic nitrogens is 1. The molecular weight excluding hydrogens is 324 g/mol. The molecule has 1 fully saturated rings. The molecule has 0 amide bonds. The molecule has 1 saturated heterocycles. The van der Waals surface area contributed by atoms with Gasteiger partial charge in [0, 0.05) is 52.5 Å². The molecule has 2 heterocycles. The Morgan fingerprint density at radius 2 is 2.12 bits per heavy atom. The third-order valence-electron chi connectivity index (χ3n) is 4.65. The number of rotatable bonds is 8. The topological polar surface area (TPSA) is 47.0 Å². The van der Waals surface area contributed by atoms with Gasteiger partial charge in [-0.25, -0.2) is 9.98 Å². The zero-order valence-electron chi connectivity index (χ0n) is 16.6. The molecule has 1 aliphatic rings. The van der Waals surface area contributed by atoms with E-state index >= 15 is 0 Å². The third-order valence-corrected chi connectivity index (χ3v) is 4.65. The van der Waals surface area contributed by atoms with E-state index in [1.807, 2.05) is 12.3 Å². The molecule has 1 aromatic heterocycles. The molecule has 0 radical (unpaired) electrons. The number of pyridine rings is 1. The van der Waals surface area contributed by atoms with Gasteiger partial charge < -0.3 is 20.0 Å². The summed E-state index contributed by atoms with van der Waals surface area (Å²) in [6, 6.07) is 4.27. The van der Waals surface area contributed by atoms with Crippen LogP contribution in [-0.4, -0.2) is 74.1 Å². The predicted octanol–water partition coefficient (Wildman–Crippen LogP) is 2.20. The number of anilines is 1. The quantitative estimate of drug-likeness (QED) is 0.334. The lowest BCUT2D eigenvalue weighted by atomic mass is 10.2. The van der Waals surface area contributed by atoms with Gasteiger partial charge in [0.05, 0.1) is 6.54 Å². The Bertz CT molecular complexity index is 560. The van der Waals surface area contributed by atoms with E-state index in [4.69, 9.17) is 4.99 Å². The Morgan fingerprint density at radius 1 is 1.35 bits per heavy atom. The van der Waals surface area contributed by atoms with Crippen LogP contribution in [0.3, 0.4) is 0 Å². The van der Waals surface area contributed by atoms with Crippen molar-refractivity contribution in [3.8, 4) is 0 Å². The Labute approximate surface area is 158 Å². The summed E-state index contributed by atoms with van der Waals surface area (Å²) >= 11 is 0. The van der Waals surface area contributed by atoms with Crippen molar-refractivity contribution in [2.75, 3.05) is 58.3 Å². The van der Waals surface area contributed by atoms with Crippen LogP contribution in [0.1, 0.15) is 25.3 Å². The van der Waals surface area contributed by atoms with Gasteiger partial charge in [-0.2, -0.15) is 0 Å². The second-order valence-electron chi connectivity index (χ2n) is 6.84. The highest BCUT2D eigenvalue weighted by molar-refractivity contribution is 5.79. The van der Waals surface area contributed by atoms with Crippen LogP contribution in [0, 0.1) is 0 Å². The summed E-state index contributed by atoms with van der Waals surface area (Å²) in [4.78, 5) is 16.3. The zero-order chi connectivity index (χ0) is 18.8. The molecule has 6 heteroatoms. The first kappa shape index (κ1) is 20.2. The predicted molar refractivity (Wildman–Crippen MR) is 111 cm³/mol. The summed E-state index contributed by atoms with van der Waals surface area (Å²) in [7, 11) is 4.25. The van der Waals surface area contributed by atoms with Crippen LogP contribution in [0.25, 0.3) is 0 Å². The number of piperazine rings is 1. The van der Waals surface area contributed by atoms with Gasteiger partial charge >= 0.3 is 0 Å². The number of aliphatic imine (C=N–C) groups is 1. The summed E-state index contributed by atoms with van der Waals surface area (Å²) in [5.74, 6) is 2.01. The number of hydrogen-bond acceptors (Lipinski definition) is 4. The first-order valence-electron chi connectivity index (χ1n) is 9.62. The lowest BCUT2D eigenvalue weighted by Gasteiger charge is -2.33. The van der Waals surface area contributed by atoms with Crippen molar-refractivity contribution in [2.45, 2.75) is 26.3 Å². The van der Waals surface area contributed by atoms with Crippen LogP contribution in [0.2, 0.25) is 0 Å². The van der Waals surface area contributed by atoms with Crippen LogP contribution in [0.15, 0.2) is 36.0 Å². The standard InChI is InChI=1S/C20H34N6/c1-5-7-8-11-25(4)20(21-6-2)23-17-18-9-10-19(22-16-18)26-14-12-24(3)13-15-26/h5,9-10,16H,1,6-8,11-15,17H2,2-4H3,(H,21,23). The Morgan fingerprint density at radius 3 is 2.73 bits per heavy atom. The number of likely N-dealkylation sites (N-methyl/N-ethyl adjacent to an activating group) is 1. The van der Waals surface area contributed by atoms with Crippen molar-refractivity contribution < 1.29 is 0 Å². The zero-order valence-corrected chi connectivity index (χ0v) is 16.6. The molecule has 0 spiro atoms.